The second kappa shape index (κ2) is 5.23. The maximum absolute atomic E-state index is 11.9. The number of anilines is 1. The summed E-state index contributed by atoms with van der Waals surface area (Å²) < 4.78 is 1.94. The van der Waals surface area contributed by atoms with Crippen LogP contribution in [0.1, 0.15) is 10.4 Å². The zero-order valence-corrected chi connectivity index (χ0v) is 11.5. The fourth-order valence-electron chi connectivity index (χ4n) is 1.49. The predicted octanol–water partition coefficient (Wildman–Crippen LogP) is 1.09. The van der Waals surface area contributed by atoms with Crippen molar-refractivity contribution in [1.29, 1.82) is 0 Å². The number of hydrogen-bond acceptors (Lipinski definition) is 3. The van der Waals surface area contributed by atoms with Crippen LogP contribution >= 0.6 is 15.9 Å². The lowest BCUT2D eigenvalue weighted by molar-refractivity contribution is 0.102. The normalized spacial score (nSPS) is 10.2. The first-order chi connectivity index (χ1) is 8.97. The van der Waals surface area contributed by atoms with Crippen LogP contribution in [-0.4, -0.2) is 15.5 Å². The van der Waals surface area contributed by atoms with E-state index in [1.807, 2.05) is 6.07 Å². The Bertz CT molecular complexity index is 748. The highest BCUT2D eigenvalue weighted by Crippen LogP contribution is 2.15. The number of aryl methyl sites for hydroxylation is 1. The van der Waals surface area contributed by atoms with Gasteiger partial charge in [0.25, 0.3) is 11.5 Å². The van der Waals surface area contributed by atoms with E-state index in [0.29, 0.717) is 5.69 Å². The van der Waals surface area contributed by atoms with Crippen molar-refractivity contribution in [3.8, 4) is 0 Å². The Balaban J connectivity index is 2.33. The van der Waals surface area contributed by atoms with Crippen LogP contribution in [0.25, 0.3) is 0 Å². The predicted molar refractivity (Wildman–Crippen MR) is 74.4 cm³/mol. The molecule has 0 saturated carbocycles. The van der Waals surface area contributed by atoms with Gasteiger partial charge < -0.3 is 9.88 Å². The van der Waals surface area contributed by atoms with Gasteiger partial charge in [-0.05, 0) is 18.2 Å². The van der Waals surface area contributed by atoms with Crippen molar-refractivity contribution < 1.29 is 4.79 Å². The molecule has 0 radical (unpaired) electrons. The molecule has 0 aliphatic heterocycles. The maximum Gasteiger partial charge on any atom is 0.328 e. The molecule has 98 valence electrons. The minimum absolute atomic E-state index is 0.123. The molecule has 0 fully saturated rings. The SMILES string of the molecule is Cn1cc(C(=O)Nc2cccc(Br)c2)c(=O)[nH]c1=O. The molecule has 1 heterocycles. The highest BCUT2D eigenvalue weighted by molar-refractivity contribution is 9.10. The molecule has 1 amide bonds. The molecule has 0 atom stereocenters. The number of aromatic nitrogens is 2. The van der Waals surface area contributed by atoms with Crippen molar-refractivity contribution in [1.82, 2.24) is 9.55 Å². The van der Waals surface area contributed by atoms with Gasteiger partial charge in [-0.25, -0.2) is 4.79 Å². The summed E-state index contributed by atoms with van der Waals surface area (Å²) in [6.07, 6.45) is 1.20. The van der Waals surface area contributed by atoms with Crippen LogP contribution in [0.15, 0.2) is 44.5 Å². The van der Waals surface area contributed by atoms with Crippen molar-refractivity contribution in [2.24, 2.45) is 7.05 Å². The van der Waals surface area contributed by atoms with Gasteiger partial charge in [-0.15, -0.1) is 0 Å². The van der Waals surface area contributed by atoms with Gasteiger partial charge in [0.2, 0.25) is 0 Å². The lowest BCUT2D eigenvalue weighted by Gasteiger charge is -2.05. The first-order valence-electron chi connectivity index (χ1n) is 5.34. The number of aromatic amines is 1. The molecule has 0 bridgehead atoms. The molecule has 2 aromatic rings. The average molecular weight is 324 g/mol. The second-order valence-electron chi connectivity index (χ2n) is 3.88. The zero-order valence-electron chi connectivity index (χ0n) is 9.94. The molecule has 1 aromatic heterocycles. The Morgan fingerprint density at radius 1 is 1.37 bits per heavy atom. The van der Waals surface area contributed by atoms with Crippen LogP contribution in [0.4, 0.5) is 5.69 Å². The molecule has 0 spiro atoms. The van der Waals surface area contributed by atoms with Crippen LogP contribution in [0.3, 0.4) is 0 Å². The molecule has 1 aromatic carbocycles. The van der Waals surface area contributed by atoms with Crippen molar-refractivity contribution in [3.05, 3.63) is 61.3 Å². The molecule has 2 N–H and O–H groups in total. The molecule has 19 heavy (non-hydrogen) atoms. The number of hydrogen-bond donors (Lipinski definition) is 2. The summed E-state index contributed by atoms with van der Waals surface area (Å²) in [6.45, 7) is 0. The van der Waals surface area contributed by atoms with Gasteiger partial charge in [-0.3, -0.25) is 14.6 Å². The van der Waals surface area contributed by atoms with Crippen molar-refractivity contribution in [3.63, 3.8) is 0 Å². The van der Waals surface area contributed by atoms with Crippen LogP contribution in [0.5, 0.6) is 0 Å². The van der Waals surface area contributed by atoms with Gasteiger partial charge in [0.05, 0.1) is 0 Å². The molecule has 6 nitrogen and oxygen atoms in total. The van der Waals surface area contributed by atoms with E-state index in [1.54, 1.807) is 18.2 Å². The number of halogens is 1. The molecular weight excluding hydrogens is 314 g/mol. The van der Waals surface area contributed by atoms with E-state index >= 15 is 0 Å². The molecule has 0 aliphatic rings. The average Bonchev–Trinajstić information content (AvgIpc) is 2.33. The number of nitrogens with one attached hydrogen (secondary N) is 2. The summed E-state index contributed by atoms with van der Waals surface area (Å²) in [4.78, 5) is 36.8. The molecule has 2 rings (SSSR count). The number of carbonyl (C=O) groups is 1. The Morgan fingerprint density at radius 3 is 2.79 bits per heavy atom. The summed E-state index contributed by atoms with van der Waals surface area (Å²) >= 11 is 3.28. The van der Waals surface area contributed by atoms with E-state index in [9.17, 15) is 14.4 Å². The van der Waals surface area contributed by atoms with E-state index in [-0.39, 0.29) is 5.56 Å². The molecule has 0 unspecified atom stereocenters. The van der Waals surface area contributed by atoms with Crippen molar-refractivity contribution in [2.75, 3.05) is 5.32 Å². The van der Waals surface area contributed by atoms with E-state index < -0.39 is 17.2 Å². The number of benzene rings is 1. The Labute approximate surface area is 116 Å². The van der Waals surface area contributed by atoms with Gasteiger partial charge in [0.1, 0.15) is 5.56 Å². The lowest BCUT2D eigenvalue weighted by atomic mass is 10.2. The topological polar surface area (TPSA) is 84.0 Å². The molecular formula is C12H10BrN3O3. The van der Waals surface area contributed by atoms with Crippen molar-refractivity contribution >= 4 is 27.5 Å². The maximum atomic E-state index is 11.9. The fourth-order valence-corrected chi connectivity index (χ4v) is 1.89. The molecule has 0 saturated heterocycles. The van der Waals surface area contributed by atoms with E-state index in [2.05, 4.69) is 26.2 Å². The van der Waals surface area contributed by atoms with E-state index in [1.165, 1.54) is 13.2 Å². The lowest BCUT2D eigenvalue weighted by Crippen LogP contribution is -2.33. The Hall–Kier alpha value is -2.15. The van der Waals surface area contributed by atoms with Crippen LogP contribution < -0.4 is 16.6 Å². The highest BCUT2D eigenvalue weighted by Gasteiger charge is 2.12. The summed E-state index contributed by atoms with van der Waals surface area (Å²) in [5, 5.41) is 2.58. The number of amides is 1. The zero-order chi connectivity index (χ0) is 14.0. The van der Waals surface area contributed by atoms with Gasteiger partial charge in [-0.1, -0.05) is 22.0 Å². The highest BCUT2D eigenvalue weighted by atomic mass is 79.9. The van der Waals surface area contributed by atoms with E-state index in [4.69, 9.17) is 0 Å². The monoisotopic (exact) mass is 323 g/mol. The second-order valence-corrected chi connectivity index (χ2v) is 4.79. The van der Waals surface area contributed by atoms with Crippen LogP contribution in [-0.2, 0) is 7.05 Å². The van der Waals surface area contributed by atoms with Gasteiger partial charge in [0, 0.05) is 23.4 Å². The van der Waals surface area contributed by atoms with Crippen LogP contribution in [0, 0.1) is 0 Å². The fraction of sp³-hybridized carbons (Fsp3) is 0.0833. The Kier molecular flexibility index (Phi) is 3.66. The number of carbonyl (C=O) groups excluding carboxylic acids is 1. The minimum Gasteiger partial charge on any atom is -0.322 e. The Morgan fingerprint density at radius 2 is 2.11 bits per heavy atom. The summed E-state index contributed by atoms with van der Waals surface area (Å²) in [5.74, 6) is -0.574. The van der Waals surface area contributed by atoms with Crippen LogP contribution in [0.2, 0.25) is 0 Å². The first-order valence-corrected chi connectivity index (χ1v) is 6.13. The molecule has 0 aliphatic carbocycles. The smallest absolute Gasteiger partial charge is 0.322 e. The van der Waals surface area contributed by atoms with Crippen molar-refractivity contribution in [2.45, 2.75) is 0 Å². The quantitative estimate of drug-likeness (QED) is 0.867. The number of H-pyrrole nitrogens is 1. The van der Waals surface area contributed by atoms with Gasteiger partial charge >= 0.3 is 5.69 Å². The largest absolute Gasteiger partial charge is 0.328 e. The third-order valence-corrected chi connectivity index (χ3v) is 2.93. The first kappa shape index (κ1) is 13.3. The van der Waals surface area contributed by atoms with Gasteiger partial charge in [0.15, 0.2) is 0 Å². The summed E-state index contributed by atoms with van der Waals surface area (Å²) in [5.41, 5.74) is -0.852. The number of nitrogens with zero attached hydrogens (tertiary/aromatic N) is 1. The van der Waals surface area contributed by atoms with E-state index in [0.717, 1.165) is 9.04 Å². The summed E-state index contributed by atoms with van der Waals surface area (Å²) in [7, 11) is 1.45. The minimum atomic E-state index is -0.712. The standard InChI is InChI=1S/C12H10BrN3O3/c1-16-6-9(11(18)15-12(16)19)10(17)14-8-4-2-3-7(13)5-8/h2-6H,1H3,(H,14,17)(H,15,18,19). The third-order valence-electron chi connectivity index (χ3n) is 2.44. The van der Waals surface area contributed by atoms with Gasteiger partial charge in [-0.2, -0.15) is 0 Å². The third kappa shape index (κ3) is 3.00. The molecule has 7 heteroatoms. The number of rotatable bonds is 2. The summed E-state index contributed by atoms with van der Waals surface area (Å²) in [6, 6.07) is 6.96.